The van der Waals surface area contributed by atoms with Gasteiger partial charge in [-0.1, -0.05) is 0 Å². The van der Waals surface area contributed by atoms with E-state index in [1.54, 1.807) is 12.1 Å². The van der Waals surface area contributed by atoms with Gasteiger partial charge in [-0.05, 0) is 22.0 Å². The van der Waals surface area contributed by atoms with E-state index in [1.807, 2.05) is 4.90 Å². The van der Waals surface area contributed by atoms with Crippen molar-refractivity contribution in [1.82, 2.24) is 0 Å². The minimum atomic E-state index is -2.60. The van der Waals surface area contributed by atoms with Gasteiger partial charge in [0.25, 0.3) is 5.92 Å². The van der Waals surface area contributed by atoms with Crippen molar-refractivity contribution in [1.29, 1.82) is 0 Å². The quantitative estimate of drug-likeness (QED) is 0.770. The number of nitrogens with zero attached hydrogens (tertiary/aromatic N) is 1. The van der Waals surface area contributed by atoms with Gasteiger partial charge in [0.15, 0.2) is 0 Å². The first-order valence-electron chi connectivity index (χ1n) is 6.46. The van der Waals surface area contributed by atoms with Gasteiger partial charge in [-0.15, -0.1) is 0 Å². The minimum Gasteiger partial charge on any atom is -0.496 e. The molecule has 0 aromatic heterocycles. The summed E-state index contributed by atoms with van der Waals surface area (Å²) in [5, 5.41) is 0. The van der Waals surface area contributed by atoms with Crippen LogP contribution in [-0.4, -0.2) is 39.2 Å². The number of carbonyl (C=O) groups is 1. The number of methoxy groups -OCH3 is 2. The molecule has 1 aliphatic heterocycles. The molecule has 1 heterocycles. The molecule has 0 spiro atoms. The summed E-state index contributed by atoms with van der Waals surface area (Å²) < 4.78 is 37.0. The highest BCUT2D eigenvalue weighted by atomic mass is 79.9. The van der Waals surface area contributed by atoms with Gasteiger partial charge in [-0.2, -0.15) is 0 Å². The van der Waals surface area contributed by atoms with E-state index in [0.717, 1.165) is 5.69 Å². The molecule has 0 amide bonds. The van der Waals surface area contributed by atoms with Crippen LogP contribution in [0.25, 0.3) is 0 Å². The standard InChI is InChI=1S/C14H16BrF2NO3/c1-20-12-8-11(10(15)7-9(12)13(19)21-2)18-5-3-14(16,17)4-6-18/h7-8H,3-6H2,1-2H3. The maximum Gasteiger partial charge on any atom is 0.341 e. The number of hydrogen-bond donors (Lipinski definition) is 0. The summed E-state index contributed by atoms with van der Waals surface area (Å²) in [5.41, 5.74) is 1.02. The zero-order valence-electron chi connectivity index (χ0n) is 11.8. The number of halogens is 3. The monoisotopic (exact) mass is 363 g/mol. The van der Waals surface area contributed by atoms with Gasteiger partial charge in [0.2, 0.25) is 0 Å². The number of rotatable bonds is 3. The van der Waals surface area contributed by atoms with Gasteiger partial charge >= 0.3 is 5.97 Å². The summed E-state index contributed by atoms with van der Waals surface area (Å²) in [5.74, 6) is -2.75. The van der Waals surface area contributed by atoms with Crippen LogP contribution < -0.4 is 9.64 Å². The molecular weight excluding hydrogens is 348 g/mol. The summed E-state index contributed by atoms with van der Waals surface area (Å²) in [6, 6.07) is 3.26. The van der Waals surface area contributed by atoms with E-state index in [-0.39, 0.29) is 31.5 Å². The van der Waals surface area contributed by atoms with Crippen molar-refractivity contribution >= 4 is 27.6 Å². The second kappa shape index (κ2) is 6.17. The lowest BCUT2D eigenvalue weighted by atomic mass is 10.1. The molecule has 0 bridgehead atoms. The summed E-state index contributed by atoms with van der Waals surface area (Å²) in [6.07, 6.45) is -0.360. The molecule has 0 N–H and O–H groups in total. The SMILES string of the molecule is COC(=O)c1cc(Br)c(N2CCC(F)(F)CC2)cc1OC. The summed E-state index contributed by atoms with van der Waals surface area (Å²) in [7, 11) is 2.74. The van der Waals surface area contributed by atoms with Crippen LogP contribution >= 0.6 is 15.9 Å². The Hall–Kier alpha value is -1.37. The van der Waals surface area contributed by atoms with E-state index < -0.39 is 11.9 Å². The normalized spacial score (nSPS) is 17.5. The molecule has 1 fully saturated rings. The number of ether oxygens (including phenoxy) is 2. The maximum atomic E-state index is 13.2. The second-order valence-electron chi connectivity index (χ2n) is 4.84. The lowest BCUT2D eigenvalue weighted by molar-refractivity contribution is -0.0220. The third-order valence-corrected chi connectivity index (χ3v) is 4.15. The molecule has 7 heteroatoms. The molecule has 1 aromatic carbocycles. The van der Waals surface area contributed by atoms with Crippen molar-refractivity contribution < 1.29 is 23.0 Å². The molecule has 0 atom stereocenters. The van der Waals surface area contributed by atoms with E-state index in [4.69, 9.17) is 9.47 Å². The van der Waals surface area contributed by atoms with Crippen LogP contribution in [0.5, 0.6) is 5.75 Å². The van der Waals surface area contributed by atoms with E-state index in [1.165, 1.54) is 14.2 Å². The first-order chi connectivity index (χ1) is 9.88. The predicted molar refractivity (Wildman–Crippen MR) is 78.4 cm³/mol. The topological polar surface area (TPSA) is 38.8 Å². The number of piperidine rings is 1. The lowest BCUT2D eigenvalue weighted by Gasteiger charge is -2.34. The average molecular weight is 364 g/mol. The molecule has 116 valence electrons. The van der Waals surface area contributed by atoms with Crippen LogP contribution in [0, 0.1) is 0 Å². The molecule has 1 saturated heterocycles. The number of carbonyl (C=O) groups excluding carboxylic acids is 1. The van der Waals surface area contributed by atoms with Crippen LogP contribution in [0.15, 0.2) is 16.6 Å². The fraction of sp³-hybridized carbons (Fsp3) is 0.500. The molecule has 0 saturated carbocycles. The fourth-order valence-electron chi connectivity index (χ4n) is 2.30. The van der Waals surface area contributed by atoms with Crippen molar-refractivity contribution in [3.05, 3.63) is 22.2 Å². The molecule has 21 heavy (non-hydrogen) atoms. The van der Waals surface area contributed by atoms with E-state index in [0.29, 0.717) is 10.2 Å². The van der Waals surface area contributed by atoms with Crippen LogP contribution in [0.1, 0.15) is 23.2 Å². The van der Waals surface area contributed by atoms with Gasteiger partial charge in [-0.25, -0.2) is 13.6 Å². The van der Waals surface area contributed by atoms with Gasteiger partial charge in [-0.3, -0.25) is 0 Å². The third-order valence-electron chi connectivity index (χ3n) is 3.51. The highest BCUT2D eigenvalue weighted by Crippen LogP contribution is 2.37. The van der Waals surface area contributed by atoms with Crippen LogP contribution in [0.4, 0.5) is 14.5 Å². The van der Waals surface area contributed by atoms with Crippen LogP contribution in [-0.2, 0) is 4.74 Å². The Kier molecular flexibility index (Phi) is 4.70. The molecular formula is C14H16BrF2NO3. The summed E-state index contributed by atoms with van der Waals surface area (Å²) in [6.45, 7) is 0.513. The molecule has 0 radical (unpaired) electrons. The summed E-state index contributed by atoms with van der Waals surface area (Å²) >= 11 is 3.38. The Labute approximate surface area is 130 Å². The van der Waals surface area contributed by atoms with Crippen molar-refractivity contribution in [2.45, 2.75) is 18.8 Å². The Morgan fingerprint density at radius 2 is 1.90 bits per heavy atom. The molecule has 0 aliphatic carbocycles. The van der Waals surface area contributed by atoms with Crippen molar-refractivity contribution in [3.63, 3.8) is 0 Å². The fourth-order valence-corrected chi connectivity index (χ4v) is 2.89. The molecule has 2 rings (SSSR count). The highest BCUT2D eigenvalue weighted by Gasteiger charge is 2.34. The smallest absolute Gasteiger partial charge is 0.341 e. The van der Waals surface area contributed by atoms with Gasteiger partial charge in [0.1, 0.15) is 11.3 Å². The predicted octanol–water partition coefficient (Wildman–Crippen LogP) is 3.48. The van der Waals surface area contributed by atoms with Crippen molar-refractivity contribution in [3.8, 4) is 5.75 Å². The maximum absolute atomic E-state index is 13.2. The molecule has 1 aliphatic rings. The van der Waals surface area contributed by atoms with Gasteiger partial charge < -0.3 is 14.4 Å². The second-order valence-corrected chi connectivity index (χ2v) is 5.69. The largest absolute Gasteiger partial charge is 0.496 e. The first kappa shape index (κ1) is 16.0. The zero-order chi connectivity index (χ0) is 15.6. The van der Waals surface area contributed by atoms with Gasteiger partial charge in [0.05, 0.1) is 19.9 Å². The Balaban J connectivity index is 2.31. The third kappa shape index (κ3) is 3.45. The van der Waals surface area contributed by atoms with Gasteiger partial charge in [0, 0.05) is 36.5 Å². The van der Waals surface area contributed by atoms with E-state index >= 15 is 0 Å². The Morgan fingerprint density at radius 3 is 2.43 bits per heavy atom. The number of esters is 1. The zero-order valence-corrected chi connectivity index (χ0v) is 13.4. The number of benzene rings is 1. The van der Waals surface area contributed by atoms with E-state index in [9.17, 15) is 13.6 Å². The Morgan fingerprint density at radius 1 is 1.29 bits per heavy atom. The van der Waals surface area contributed by atoms with E-state index in [2.05, 4.69) is 15.9 Å². The number of hydrogen-bond acceptors (Lipinski definition) is 4. The lowest BCUT2D eigenvalue weighted by Crippen LogP contribution is -2.39. The molecule has 0 unspecified atom stereocenters. The Bertz CT molecular complexity index is 541. The average Bonchev–Trinajstić information content (AvgIpc) is 2.46. The van der Waals surface area contributed by atoms with Crippen LogP contribution in [0.3, 0.4) is 0 Å². The van der Waals surface area contributed by atoms with Crippen LogP contribution in [0.2, 0.25) is 0 Å². The molecule has 4 nitrogen and oxygen atoms in total. The highest BCUT2D eigenvalue weighted by molar-refractivity contribution is 9.10. The number of anilines is 1. The number of alkyl halides is 2. The van der Waals surface area contributed by atoms with Crippen molar-refractivity contribution in [2.75, 3.05) is 32.2 Å². The summed E-state index contributed by atoms with van der Waals surface area (Å²) in [4.78, 5) is 13.5. The molecule has 1 aromatic rings. The first-order valence-corrected chi connectivity index (χ1v) is 7.26. The van der Waals surface area contributed by atoms with Crippen molar-refractivity contribution in [2.24, 2.45) is 0 Å². The minimum absolute atomic E-state index is 0.180.